The highest BCUT2D eigenvalue weighted by molar-refractivity contribution is 7.07. The second kappa shape index (κ2) is 10.6. The van der Waals surface area contributed by atoms with Crippen molar-refractivity contribution in [3.8, 4) is 0 Å². The summed E-state index contributed by atoms with van der Waals surface area (Å²) in [4.78, 5) is 32.6. The molecule has 200 valence electrons. The zero-order chi connectivity index (χ0) is 27.8. The number of thiazole rings is 1. The normalized spacial score (nSPS) is 15.4. The number of benzene rings is 3. The van der Waals surface area contributed by atoms with E-state index in [1.54, 1.807) is 11.5 Å². The molecule has 0 aliphatic carbocycles. The average Bonchev–Trinajstić information content (AvgIpc) is 3.45. The molecule has 1 aliphatic heterocycles. The van der Waals surface area contributed by atoms with Crippen molar-refractivity contribution < 1.29 is 9.53 Å². The van der Waals surface area contributed by atoms with Crippen molar-refractivity contribution >= 4 is 34.3 Å². The molecule has 0 fully saturated rings. The third-order valence-corrected chi connectivity index (χ3v) is 7.98. The Bertz CT molecular complexity index is 1930. The molecule has 0 amide bonds. The lowest BCUT2D eigenvalue weighted by atomic mass is 9.96. The van der Waals surface area contributed by atoms with E-state index in [4.69, 9.17) is 9.73 Å². The molecular formula is C33H29N3O3S. The first-order chi connectivity index (χ1) is 19.4. The highest BCUT2D eigenvalue weighted by atomic mass is 32.1. The Labute approximate surface area is 235 Å². The summed E-state index contributed by atoms with van der Waals surface area (Å²) in [6.45, 7) is 6.16. The minimum atomic E-state index is -0.620. The maximum absolute atomic E-state index is 14.0. The average molecular weight is 548 g/mol. The van der Waals surface area contributed by atoms with Crippen LogP contribution < -0.4 is 14.9 Å². The summed E-state index contributed by atoms with van der Waals surface area (Å²) in [5.74, 6) is -0.455. The van der Waals surface area contributed by atoms with Gasteiger partial charge in [0.1, 0.15) is 0 Å². The van der Waals surface area contributed by atoms with Crippen LogP contribution in [0.1, 0.15) is 43.5 Å². The molecule has 1 aliphatic rings. The van der Waals surface area contributed by atoms with Crippen LogP contribution in [0.4, 0.5) is 0 Å². The minimum absolute atomic E-state index is 0.181. The molecule has 3 heterocycles. The van der Waals surface area contributed by atoms with E-state index in [1.165, 1.54) is 16.9 Å². The monoisotopic (exact) mass is 547 g/mol. The summed E-state index contributed by atoms with van der Waals surface area (Å²) in [5, 5.41) is 1.07. The molecule has 5 aromatic rings. The summed E-state index contributed by atoms with van der Waals surface area (Å²) in [6.07, 6.45) is 3.75. The third-order valence-electron chi connectivity index (χ3n) is 7.00. The fraction of sp³-hybridized carbons (Fsp3) is 0.182. The molecule has 6 rings (SSSR count). The Morgan fingerprint density at radius 2 is 1.68 bits per heavy atom. The standard InChI is InChI=1S/C33H29N3O3S/c1-21(2)39-32(38)29-22(3)34-33-36(30(29)24-14-8-5-9-15-24)31(37)28(40-33)18-25-20-35(19-23-12-6-4-7-13-23)27-17-11-10-16-26(25)27/h4-18,20-21,30H,19H2,1-3H3. The largest absolute Gasteiger partial charge is 0.459 e. The number of rotatable bonds is 6. The van der Waals surface area contributed by atoms with Crippen LogP contribution in [0.15, 0.2) is 112 Å². The van der Waals surface area contributed by atoms with Crippen LogP contribution in [0.3, 0.4) is 0 Å². The Morgan fingerprint density at radius 3 is 2.40 bits per heavy atom. The second-order valence-corrected chi connectivity index (χ2v) is 11.2. The Kier molecular flexibility index (Phi) is 6.82. The number of carbonyl (C=O) groups is 1. The van der Waals surface area contributed by atoms with Crippen molar-refractivity contribution in [1.82, 2.24) is 9.13 Å². The van der Waals surface area contributed by atoms with Crippen molar-refractivity contribution in [3.63, 3.8) is 0 Å². The van der Waals surface area contributed by atoms with Crippen molar-refractivity contribution in [2.45, 2.75) is 39.5 Å². The number of esters is 1. The topological polar surface area (TPSA) is 65.6 Å². The zero-order valence-electron chi connectivity index (χ0n) is 22.6. The van der Waals surface area contributed by atoms with E-state index in [1.807, 2.05) is 80.6 Å². The fourth-order valence-corrected chi connectivity index (χ4v) is 6.29. The summed E-state index contributed by atoms with van der Waals surface area (Å²) in [7, 11) is 0. The number of aromatic nitrogens is 2. The maximum atomic E-state index is 14.0. The SMILES string of the molecule is CC1=C(C(=O)OC(C)C)C(c2ccccc2)n2c(sc(=Cc3cn(Cc4ccccc4)c4ccccc34)c2=O)=N1. The van der Waals surface area contributed by atoms with Gasteiger partial charge in [-0.3, -0.25) is 9.36 Å². The highest BCUT2D eigenvalue weighted by Crippen LogP contribution is 2.31. The maximum Gasteiger partial charge on any atom is 0.338 e. The van der Waals surface area contributed by atoms with Crippen LogP contribution >= 0.6 is 11.3 Å². The van der Waals surface area contributed by atoms with E-state index in [0.29, 0.717) is 20.6 Å². The van der Waals surface area contributed by atoms with Crippen molar-refractivity contribution in [2.24, 2.45) is 4.99 Å². The number of hydrogen-bond donors (Lipinski definition) is 0. The lowest BCUT2D eigenvalue weighted by Crippen LogP contribution is -2.40. The van der Waals surface area contributed by atoms with E-state index in [-0.39, 0.29) is 11.7 Å². The van der Waals surface area contributed by atoms with E-state index in [0.717, 1.165) is 28.6 Å². The van der Waals surface area contributed by atoms with Gasteiger partial charge in [-0.1, -0.05) is 90.2 Å². The molecule has 6 nitrogen and oxygen atoms in total. The molecule has 0 saturated carbocycles. The molecule has 40 heavy (non-hydrogen) atoms. The Hall–Kier alpha value is -4.49. The van der Waals surface area contributed by atoms with E-state index >= 15 is 0 Å². The first kappa shape index (κ1) is 25.8. The van der Waals surface area contributed by atoms with E-state index in [2.05, 4.69) is 35.0 Å². The second-order valence-electron chi connectivity index (χ2n) is 10.2. The Balaban J connectivity index is 1.51. The molecule has 0 bridgehead atoms. The predicted molar refractivity (Wildman–Crippen MR) is 159 cm³/mol. The smallest absolute Gasteiger partial charge is 0.338 e. The molecule has 1 unspecified atom stereocenters. The summed E-state index contributed by atoms with van der Waals surface area (Å²) < 4.78 is 10.0. The van der Waals surface area contributed by atoms with Gasteiger partial charge in [0.15, 0.2) is 4.80 Å². The summed E-state index contributed by atoms with van der Waals surface area (Å²) in [5.41, 5.74) is 4.86. The van der Waals surface area contributed by atoms with Crippen LogP contribution in [0.2, 0.25) is 0 Å². The number of para-hydroxylation sites is 1. The number of allylic oxidation sites excluding steroid dienone is 1. The minimum Gasteiger partial charge on any atom is -0.459 e. The first-order valence-corrected chi connectivity index (χ1v) is 14.1. The zero-order valence-corrected chi connectivity index (χ0v) is 23.4. The fourth-order valence-electron chi connectivity index (χ4n) is 5.25. The Morgan fingerprint density at radius 1 is 1.00 bits per heavy atom. The molecule has 0 radical (unpaired) electrons. The van der Waals surface area contributed by atoms with Crippen molar-refractivity contribution in [3.05, 3.63) is 139 Å². The molecule has 3 aromatic carbocycles. The van der Waals surface area contributed by atoms with Gasteiger partial charge >= 0.3 is 5.97 Å². The first-order valence-electron chi connectivity index (χ1n) is 13.3. The molecule has 0 spiro atoms. The van der Waals surface area contributed by atoms with Crippen LogP contribution in [-0.4, -0.2) is 21.2 Å². The van der Waals surface area contributed by atoms with Crippen LogP contribution in [0.5, 0.6) is 0 Å². The number of hydrogen-bond acceptors (Lipinski definition) is 5. The quantitative estimate of drug-likeness (QED) is 0.275. The van der Waals surface area contributed by atoms with Gasteiger partial charge in [0.2, 0.25) is 0 Å². The van der Waals surface area contributed by atoms with E-state index < -0.39 is 12.0 Å². The van der Waals surface area contributed by atoms with Gasteiger partial charge in [0.05, 0.1) is 27.9 Å². The van der Waals surface area contributed by atoms with Gasteiger partial charge < -0.3 is 9.30 Å². The van der Waals surface area contributed by atoms with Gasteiger partial charge in [-0.2, -0.15) is 0 Å². The van der Waals surface area contributed by atoms with Gasteiger partial charge in [0.25, 0.3) is 5.56 Å². The third kappa shape index (κ3) is 4.73. The van der Waals surface area contributed by atoms with Crippen molar-refractivity contribution in [1.29, 1.82) is 0 Å². The number of fused-ring (bicyclic) bond motifs is 2. The van der Waals surface area contributed by atoms with Gasteiger partial charge in [-0.25, -0.2) is 9.79 Å². The molecule has 0 saturated heterocycles. The van der Waals surface area contributed by atoms with Gasteiger partial charge in [-0.15, -0.1) is 0 Å². The highest BCUT2D eigenvalue weighted by Gasteiger charge is 2.33. The lowest BCUT2D eigenvalue weighted by Gasteiger charge is -2.25. The predicted octanol–water partition coefficient (Wildman–Crippen LogP) is 5.19. The lowest BCUT2D eigenvalue weighted by molar-refractivity contribution is -0.143. The summed E-state index contributed by atoms with van der Waals surface area (Å²) >= 11 is 1.34. The van der Waals surface area contributed by atoms with E-state index in [9.17, 15) is 9.59 Å². The number of carbonyl (C=O) groups excluding carboxylic acids is 1. The molecule has 1 atom stereocenters. The summed E-state index contributed by atoms with van der Waals surface area (Å²) in [6, 6.07) is 27.5. The number of ether oxygens (including phenoxy) is 1. The molecular weight excluding hydrogens is 518 g/mol. The number of nitrogens with zero attached hydrogens (tertiary/aromatic N) is 3. The molecule has 2 aromatic heterocycles. The molecule has 0 N–H and O–H groups in total. The van der Waals surface area contributed by atoms with Gasteiger partial charge in [0, 0.05) is 29.2 Å². The van der Waals surface area contributed by atoms with Crippen LogP contribution in [-0.2, 0) is 16.1 Å². The molecule has 7 heteroatoms. The van der Waals surface area contributed by atoms with Crippen LogP contribution in [0, 0.1) is 0 Å². The van der Waals surface area contributed by atoms with Crippen molar-refractivity contribution in [2.75, 3.05) is 0 Å². The van der Waals surface area contributed by atoms with Crippen LogP contribution in [0.25, 0.3) is 17.0 Å². The van der Waals surface area contributed by atoms with Gasteiger partial charge in [-0.05, 0) is 44.0 Å².